The van der Waals surface area contributed by atoms with E-state index in [1.54, 1.807) is 13.0 Å². The Labute approximate surface area is 160 Å². The molecule has 2 heterocycles. The van der Waals surface area contributed by atoms with Crippen molar-refractivity contribution in [2.75, 3.05) is 6.61 Å². The van der Waals surface area contributed by atoms with E-state index in [1.165, 1.54) is 23.4 Å². The third-order valence-corrected chi connectivity index (χ3v) is 6.68. The van der Waals surface area contributed by atoms with Crippen molar-refractivity contribution in [1.82, 2.24) is 0 Å². The van der Waals surface area contributed by atoms with Crippen LogP contribution in [-0.2, 0) is 20.4 Å². The van der Waals surface area contributed by atoms with Gasteiger partial charge in [-0.05, 0) is 49.9 Å². The number of rotatable bonds is 5. The first-order valence-corrected chi connectivity index (χ1v) is 10.2. The van der Waals surface area contributed by atoms with Gasteiger partial charge in [0.25, 0.3) is 0 Å². The van der Waals surface area contributed by atoms with E-state index in [0.29, 0.717) is 28.5 Å². The van der Waals surface area contributed by atoms with Gasteiger partial charge in [0.2, 0.25) is 0 Å². The van der Waals surface area contributed by atoms with Crippen LogP contribution in [0.4, 0.5) is 0 Å². The Morgan fingerprint density at radius 3 is 2.96 bits per heavy atom. The summed E-state index contributed by atoms with van der Waals surface area (Å²) in [5.41, 5.74) is 0.707. The van der Waals surface area contributed by atoms with Gasteiger partial charge in [0.05, 0.1) is 22.2 Å². The van der Waals surface area contributed by atoms with Crippen molar-refractivity contribution in [2.45, 2.75) is 44.5 Å². The Morgan fingerprint density at radius 2 is 2.32 bits per heavy atom. The molecule has 0 saturated carbocycles. The SMILES string of the molecule is CC(=NOCc1ccc(Cl)s1)C1=C(O)CC(C2CCCOS2)CC1=O. The molecule has 1 fully saturated rings. The topological polar surface area (TPSA) is 68.1 Å². The number of aliphatic hydroxyl groups excluding tert-OH is 1. The average Bonchev–Trinajstić information content (AvgIpc) is 3.00. The summed E-state index contributed by atoms with van der Waals surface area (Å²) in [7, 11) is 0. The number of Topliss-reactive ketones (excluding diaryl/α,β-unsaturated/α-hetero) is 1. The number of halogens is 1. The maximum atomic E-state index is 12.5. The second kappa shape index (κ2) is 8.58. The van der Waals surface area contributed by atoms with E-state index in [4.69, 9.17) is 20.6 Å². The standard InChI is InChI=1S/C17H20ClNO4S2/c1-10(19-22-9-12-4-5-16(18)24-12)17-13(20)7-11(8-14(17)21)15-3-2-6-23-25-15/h4-5,11,15,20H,2-3,6-9H2,1H3. The van der Waals surface area contributed by atoms with Gasteiger partial charge in [-0.3, -0.25) is 4.79 Å². The fraction of sp³-hybridized carbons (Fsp3) is 0.529. The fourth-order valence-electron chi connectivity index (χ4n) is 3.11. The molecule has 1 saturated heterocycles. The Morgan fingerprint density at radius 1 is 1.48 bits per heavy atom. The van der Waals surface area contributed by atoms with Gasteiger partial charge in [-0.25, -0.2) is 0 Å². The van der Waals surface area contributed by atoms with Gasteiger partial charge in [-0.15, -0.1) is 11.3 Å². The Hall–Kier alpha value is -1.02. The van der Waals surface area contributed by atoms with E-state index >= 15 is 0 Å². The first kappa shape index (κ1) is 18.8. The highest BCUT2D eigenvalue weighted by molar-refractivity contribution is 7.95. The van der Waals surface area contributed by atoms with Gasteiger partial charge in [-0.2, -0.15) is 0 Å². The predicted octanol–water partition coefficient (Wildman–Crippen LogP) is 4.91. The van der Waals surface area contributed by atoms with Crippen LogP contribution in [0.2, 0.25) is 4.34 Å². The number of thiophene rings is 1. The van der Waals surface area contributed by atoms with Crippen LogP contribution in [0.3, 0.4) is 0 Å². The molecule has 136 valence electrons. The second-order valence-electron chi connectivity index (χ2n) is 6.17. The zero-order chi connectivity index (χ0) is 17.8. The zero-order valence-corrected chi connectivity index (χ0v) is 16.3. The second-order valence-corrected chi connectivity index (χ2v) is 9.00. The summed E-state index contributed by atoms with van der Waals surface area (Å²) in [6, 6.07) is 3.67. The lowest BCUT2D eigenvalue weighted by molar-refractivity contribution is -0.116. The summed E-state index contributed by atoms with van der Waals surface area (Å²) in [4.78, 5) is 18.8. The third-order valence-electron chi connectivity index (χ3n) is 4.30. The van der Waals surface area contributed by atoms with Crippen molar-refractivity contribution in [3.8, 4) is 0 Å². The predicted molar refractivity (Wildman–Crippen MR) is 101 cm³/mol. The molecule has 2 aliphatic rings. The van der Waals surface area contributed by atoms with E-state index < -0.39 is 0 Å². The molecule has 25 heavy (non-hydrogen) atoms. The summed E-state index contributed by atoms with van der Waals surface area (Å²) in [6.45, 7) is 2.73. The molecule has 1 N–H and O–H groups in total. The van der Waals surface area contributed by atoms with E-state index in [0.717, 1.165) is 24.3 Å². The number of ketones is 1. The maximum absolute atomic E-state index is 12.5. The molecule has 5 nitrogen and oxygen atoms in total. The molecule has 0 aromatic carbocycles. The molecular weight excluding hydrogens is 382 g/mol. The third kappa shape index (κ3) is 4.78. The molecule has 1 aliphatic heterocycles. The Kier molecular flexibility index (Phi) is 6.44. The minimum absolute atomic E-state index is 0.0797. The number of oxime groups is 1. The van der Waals surface area contributed by atoms with Crippen molar-refractivity contribution in [1.29, 1.82) is 0 Å². The van der Waals surface area contributed by atoms with Crippen molar-refractivity contribution in [2.24, 2.45) is 11.1 Å². The van der Waals surface area contributed by atoms with Gasteiger partial charge in [0, 0.05) is 23.0 Å². The minimum atomic E-state index is -0.0797. The van der Waals surface area contributed by atoms with Crippen LogP contribution in [0.15, 0.2) is 28.6 Å². The van der Waals surface area contributed by atoms with Gasteiger partial charge in [0.15, 0.2) is 12.4 Å². The smallest absolute Gasteiger partial charge is 0.168 e. The van der Waals surface area contributed by atoms with E-state index in [9.17, 15) is 9.90 Å². The molecule has 0 radical (unpaired) electrons. The molecule has 2 atom stereocenters. The summed E-state index contributed by atoms with van der Waals surface area (Å²) in [6.07, 6.45) is 2.91. The highest BCUT2D eigenvalue weighted by atomic mass is 35.5. The van der Waals surface area contributed by atoms with Crippen molar-refractivity contribution in [3.05, 3.63) is 32.7 Å². The molecular formula is C17H20ClNO4S2. The number of aliphatic hydroxyl groups is 1. The first-order valence-electron chi connectivity index (χ1n) is 8.19. The van der Waals surface area contributed by atoms with E-state index in [1.807, 2.05) is 6.07 Å². The maximum Gasteiger partial charge on any atom is 0.168 e. The monoisotopic (exact) mass is 401 g/mol. The average molecular weight is 402 g/mol. The molecule has 0 amide bonds. The van der Waals surface area contributed by atoms with Crippen LogP contribution < -0.4 is 0 Å². The van der Waals surface area contributed by atoms with Crippen LogP contribution in [0.25, 0.3) is 0 Å². The van der Waals surface area contributed by atoms with Gasteiger partial charge in [0.1, 0.15) is 5.76 Å². The van der Waals surface area contributed by atoms with Crippen LogP contribution in [0, 0.1) is 5.92 Å². The number of nitrogens with zero attached hydrogens (tertiary/aromatic N) is 1. The molecule has 1 aliphatic carbocycles. The van der Waals surface area contributed by atoms with Crippen LogP contribution in [0.5, 0.6) is 0 Å². The quantitative estimate of drug-likeness (QED) is 0.431. The summed E-state index contributed by atoms with van der Waals surface area (Å²) in [5, 5.41) is 14.7. The molecule has 3 rings (SSSR count). The van der Waals surface area contributed by atoms with E-state index in [-0.39, 0.29) is 29.3 Å². The first-order chi connectivity index (χ1) is 12.0. The van der Waals surface area contributed by atoms with Crippen molar-refractivity contribution in [3.63, 3.8) is 0 Å². The van der Waals surface area contributed by atoms with Crippen molar-refractivity contribution >= 4 is 46.5 Å². The largest absolute Gasteiger partial charge is 0.511 e. The molecule has 0 bridgehead atoms. The zero-order valence-electron chi connectivity index (χ0n) is 13.9. The Bertz CT molecular complexity index is 695. The van der Waals surface area contributed by atoms with Gasteiger partial charge < -0.3 is 14.1 Å². The summed E-state index contributed by atoms with van der Waals surface area (Å²) >= 11 is 8.74. The molecule has 8 heteroatoms. The molecule has 1 aromatic rings. The molecule has 1 aromatic heterocycles. The number of allylic oxidation sites excluding steroid dienone is 2. The number of carbonyl (C=O) groups is 1. The van der Waals surface area contributed by atoms with Gasteiger partial charge >= 0.3 is 0 Å². The fourth-order valence-corrected chi connectivity index (χ4v) is 5.10. The minimum Gasteiger partial charge on any atom is -0.511 e. The lowest BCUT2D eigenvalue weighted by Crippen LogP contribution is -2.30. The van der Waals surface area contributed by atoms with Crippen molar-refractivity contribution < 1.29 is 18.9 Å². The molecule has 2 unspecified atom stereocenters. The van der Waals surface area contributed by atoms with Crippen LogP contribution >= 0.6 is 35.0 Å². The van der Waals surface area contributed by atoms with Crippen LogP contribution in [-0.4, -0.2) is 28.5 Å². The van der Waals surface area contributed by atoms with Gasteiger partial charge in [-0.1, -0.05) is 16.8 Å². The number of carbonyl (C=O) groups excluding carboxylic acids is 1. The summed E-state index contributed by atoms with van der Waals surface area (Å²) in [5.74, 6) is 0.143. The summed E-state index contributed by atoms with van der Waals surface area (Å²) < 4.78 is 6.12. The Balaban J connectivity index is 1.63. The normalized spacial score (nSPS) is 25.4. The number of hydrogen-bond acceptors (Lipinski definition) is 7. The lowest BCUT2D eigenvalue weighted by atomic mass is 9.82. The number of hydrogen-bond donors (Lipinski definition) is 1. The highest BCUT2D eigenvalue weighted by Crippen LogP contribution is 2.38. The van der Waals surface area contributed by atoms with Crippen LogP contribution in [0.1, 0.15) is 37.5 Å². The lowest BCUT2D eigenvalue weighted by Gasteiger charge is -2.31. The highest BCUT2D eigenvalue weighted by Gasteiger charge is 2.35. The van der Waals surface area contributed by atoms with E-state index in [2.05, 4.69) is 5.16 Å². The molecule has 0 spiro atoms.